The molecular formula is C14H19BrN2O2. The number of nitrogens with one attached hydrogen (secondary N) is 1. The minimum Gasteiger partial charge on any atom is -0.483 e. The van der Waals surface area contributed by atoms with Crippen molar-refractivity contribution < 1.29 is 9.53 Å². The maximum absolute atomic E-state index is 11.6. The molecule has 5 heteroatoms. The number of benzene rings is 1. The lowest BCUT2D eigenvalue weighted by Gasteiger charge is -2.14. The molecule has 0 spiro atoms. The Bertz CT molecular complexity index is 459. The number of amides is 1. The maximum atomic E-state index is 11.6. The van der Waals surface area contributed by atoms with Crippen molar-refractivity contribution >= 4 is 21.8 Å². The Morgan fingerprint density at radius 2 is 2.32 bits per heavy atom. The van der Waals surface area contributed by atoms with E-state index in [4.69, 9.17) is 10.5 Å². The Kier molecular flexibility index (Phi) is 4.82. The fraction of sp³-hybridized carbons (Fsp3) is 0.500. The Hall–Kier alpha value is -1.07. The van der Waals surface area contributed by atoms with E-state index in [2.05, 4.69) is 21.2 Å². The Balaban J connectivity index is 1.88. The molecule has 1 saturated carbocycles. The van der Waals surface area contributed by atoms with Crippen LogP contribution in [0.15, 0.2) is 22.7 Å². The van der Waals surface area contributed by atoms with Gasteiger partial charge < -0.3 is 15.8 Å². The van der Waals surface area contributed by atoms with Crippen LogP contribution in [-0.4, -0.2) is 19.1 Å². The number of rotatable bonds is 6. The highest BCUT2D eigenvalue weighted by Gasteiger charge is 2.21. The molecule has 0 heterocycles. The fourth-order valence-corrected chi connectivity index (χ4v) is 2.16. The number of carbonyl (C=O) groups is 1. The van der Waals surface area contributed by atoms with Gasteiger partial charge in [0.1, 0.15) is 5.75 Å². The third kappa shape index (κ3) is 4.51. The summed E-state index contributed by atoms with van der Waals surface area (Å²) >= 11 is 3.40. The lowest BCUT2D eigenvalue weighted by atomic mass is 10.1. The first kappa shape index (κ1) is 14.3. The molecule has 1 amide bonds. The molecule has 1 atom stereocenters. The van der Waals surface area contributed by atoms with Gasteiger partial charge in [0.05, 0.1) is 0 Å². The number of hydrogen-bond donors (Lipinski definition) is 2. The van der Waals surface area contributed by atoms with Crippen LogP contribution in [0.3, 0.4) is 0 Å². The molecule has 104 valence electrons. The van der Waals surface area contributed by atoms with Crippen molar-refractivity contribution in [1.29, 1.82) is 0 Å². The molecule has 0 aromatic heterocycles. The summed E-state index contributed by atoms with van der Waals surface area (Å²) in [6.07, 6.45) is 2.45. The van der Waals surface area contributed by atoms with Gasteiger partial charge in [-0.3, -0.25) is 4.79 Å². The molecule has 19 heavy (non-hydrogen) atoms. The van der Waals surface area contributed by atoms with E-state index < -0.39 is 0 Å². The average molecular weight is 327 g/mol. The summed E-state index contributed by atoms with van der Waals surface area (Å²) in [6.45, 7) is 2.69. The summed E-state index contributed by atoms with van der Waals surface area (Å²) in [7, 11) is 0. The Morgan fingerprint density at radius 1 is 1.58 bits per heavy atom. The zero-order valence-corrected chi connectivity index (χ0v) is 12.6. The van der Waals surface area contributed by atoms with Gasteiger partial charge in [0.15, 0.2) is 6.61 Å². The molecule has 0 aliphatic heterocycles. The zero-order valence-electron chi connectivity index (χ0n) is 11.0. The Morgan fingerprint density at radius 3 is 2.95 bits per heavy atom. The molecule has 1 aromatic carbocycles. The summed E-state index contributed by atoms with van der Waals surface area (Å²) in [4.78, 5) is 11.6. The van der Waals surface area contributed by atoms with Gasteiger partial charge in [-0.05, 0) is 43.9 Å². The second kappa shape index (κ2) is 6.39. The van der Waals surface area contributed by atoms with Gasteiger partial charge >= 0.3 is 0 Å². The van der Waals surface area contributed by atoms with Crippen LogP contribution in [0.1, 0.15) is 31.4 Å². The first-order chi connectivity index (χ1) is 9.06. The maximum Gasteiger partial charge on any atom is 0.257 e. The van der Waals surface area contributed by atoms with Crippen molar-refractivity contribution in [3.63, 3.8) is 0 Å². The van der Waals surface area contributed by atoms with Crippen LogP contribution >= 0.6 is 15.9 Å². The fourth-order valence-electron chi connectivity index (χ4n) is 1.78. The molecule has 4 nitrogen and oxygen atoms in total. The quantitative estimate of drug-likeness (QED) is 0.843. The van der Waals surface area contributed by atoms with Crippen LogP contribution in [0.4, 0.5) is 0 Å². The highest BCUT2D eigenvalue weighted by Crippen LogP contribution is 2.28. The standard InChI is InChI=1S/C14H19BrN2O2/c1-9(16)12-6-11(15)4-5-13(12)19-8-14(18)17-7-10-2-3-10/h4-6,9-10H,2-3,7-8,16H2,1H3,(H,17,18). The van der Waals surface area contributed by atoms with E-state index in [-0.39, 0.29) is 18.6 Å². The Labute approximate surface area is 121 Å². The molecule has 3 N–H and O–H groups in total. The minimum absolute atomic E-state index is 0.0358. The van der Waals surface area contributed by atoms with E-state index in [9.17, 15) is 4.79 Å². The summed E-state index contributed by atoms with van der Waals surface area (Å²) < 4.78 is 6.50. The van der Waals surface area contributed by atoms with Gasteiger partial charge in [0.25, 0.3) is 5.91 Å². The molecular weight excluding hydrogens is 308 g/mol. The number of ether oxygens (including phenoxy) is 1. The average Bonchev–Trinajstić information content (AvgIpc) is 3.18. The van der Waals surface area contributed by atoms with Gasteiger partial charge in [-0.2, -0.15) is 0 Å². The van der Waals surface area contributed by atoms with Crippen LogP contribution in [0.25, 0.3) is 0 Å². The number of halogens is 1. The summed E-state index contributed by atoms with van der Waals surface area (Å²) in [6, 6.07) is 5.49. The van der Waals surface area contributed by atoms with E-state index in [1.807, 2.05) is 25.1 Å². The van der Waals surface area contributed by atoms with Gasteiger partial charge in [0, 0.05) is 22.6 Å². The first-order valence-electron chi connectivity index (χ1n) is 6.51. The van der Waals surface area contributed by atoms with Crippen molar-refractivity contribution in [2.75, 3.05) is 13.2 Å². The minimum atomic E-state index is -0.137. The van der Waals surface area contributed by atoms with Gasteiger partial charge in [-0.25, -0.2) is 0 Å². The van der Waals surface area contributed by atoms with Crippen molar-refractivity contribution in [2.45, 2.75) is 25.8 Å². The molecule has 1 fully saturated rings. The SMILES string of the molecule is CC(N)c1cc(Br)ccc1OCC(=O)NCC1CC1. The molecule has 1 unspecified atom stereocenters. The highest BCUT2D eigenvalue weighted by atomic mass is 79.9. The second-order valence-corrected chi connectivity index (χ2v) is 5.92. The molecule has 0 saturated heterocycles. The highest BCUT2D eigenvalue weighted by molar-refractivity contribution is 9.10. The second-order valence-electron chi connectivity index (χ2n) is 5.01. The van der Waals surface area contributed by atoms with Crippen molar-refractivity contribution in [1.82, 2.24) is 5.32 Å². The smallest absolute Gasteiger partial charge is 0.257 e. The lowest BCUT2D eigenvalue weighted by molar-refractivity contribution is -0.123. The predicted octanol–water partition coefficient (Wildman–Crippen LogP) is 2.37. The van der Waals surface area contributed by atoms with E-state index in [1.165, 1.54) is 12.8 Å². The topological polar surface area (TPSA) is 64.3 Å². The monoisotopic (exact) mass is 326 g/mol. The number of nitrogens with two attached hydrogens (primary N) is 1. The van der Waals surface area contributed by atoms with E-state index in [1.54, 1.807) is 0 Å². The number of carbonyl (C=O) groups excluding carboxylic acids is 1. The van der Waals surface area contributed by atoms with E-state index >= 15 is 0 Å². The van der Waals surface area contributed by atoms with Crippen molar-refractivity contribution in [2.24, 2.45) is 11.7 Å². The normalized spacial score (nSPS) is 15.9. The molecule has 0 radical (unpaired) electrons. The van der Waals surface area contributed by atoms with Crippen LogP contribution < -0.4 is 15.8 Å². The van der Waals surface area contributed by atoms with Gasteiger partial charge in [-0.1, -0.05) is 15.9 Å². The largest absolute Gasteiger partial charge is 0.483 e. The first-order valence-corrected chi connectivity index (χ1v) is 7.30. The molecule has 1 aromatic rings. The summed E-state index contributed by atoms with van der Waals surface area (Å²) in [5, 5.41) is 2.87. The van der Waals surface area contributed by atoms with Gasteiger partial charge in [0.2, 0.25) is 0 Å². The van der Waals surface area contributed by atoms with Crippen molar-refractivity contribution in [3.05, 3.63) is 28.2 Å². The van der Waals surface area contributed by atoms with Crippen LogP contribution in [-0.2, 0) is 4.79 Å². The third-order valence-corrected chi connectivity index (χ3v) is 3.60. The van der Waals surface area contributed by atoms with Crippen LogP contribution in [0, 0.1) is 5.92 Å². The van der Waals surface area contributed by atoms with Crippen molar-refractivity contribution in [3.8, 4) is 5.75 Å². The lowest BCUT2D eigenvalue weighted by Crippen LogP contribution is -2.30. The summed E-state index contributed by atoms with van der Waals surface area (Å²) in [5.41, 5.74) is 6.79. The zero-order chi connectivity index (χ0) is 13.8. The summed E-state index contributed by atoms with van der Waals surface area (Å²) in [5.74, 6) is 1.27. The number of hydrogen-bond acceptors (Lipinski definition) is 3. The van der Waals surface area contributed by atoms with Gasteiger partial charge in [-0.15, -0.1) is 0 Å². The van der Waals surface area contributed by atoms with E-state index in [0.717, 1.165) is 16.6 Å². The molecule has 1 aliphatic rings. The third-order valence-electron chi connectivity index (χ3n) is 3.11. The molecule has 2 rings (SSSR count). The molecule has 0 bridgehead atoms. The predicted molar refractivity (Wildman–Crippen MR) is 78.0 cm³/mol. The molecule has 1 aliphatic carbocycles. The van der Waals surface area contributed by atoms with Crippen LogP contribution in [0.5, 0.6) is 5.75 Å². The van der Waals surface area contributed by atoms with Crippen LogP contribution in [0.2, 0.25) is 0 Å². The van der Waals surface area contributed by atoms with E-state index in [0.29, 0.717) is 11.7 Å².